The Labute approximate surface area is 200 Å². The van der Waals surface area contributed by atoms with Crippen molar-refractivity contribution in [3.8, 4) is 0 Å². The highest BCUT2D eigenvalue weighted by molar-refractivity contribution is 5.99. The third-order valence-corrected chi connectivity index (χ3v) is 7.14. The number of carbonyl (C=O) groups is 2. The summed E-state index contributed by atoms with van der Waals surface area (Å²) in [4.78, 5) is 29.7. The van der Waals surface area contributed by atoms with Crippen LogP contribution in [0.25, 0.3) is 11.0 Å². The van der Waals surface area contributed by atoms with Crippen LogP contribution in [0.1, 0.15) is 93.2 Å². The Morgan fingerprint density at radius 1 is 1.18 bits per heavy atom. The van der Waals surface area contributed by atoms with E-state index in [1.165, 1.54) is 6.42 Å². The first-order valence-corrected chi connectivity index (χ1v) is 12.6. The molecule has 7 nitrogen and oxygen atoms in total. The van der Waals surface area contributed by atoms with Crippen LogP contribution in [-0.2, 0) is 11.2 Å². The summed E-state index contributed by atoms with van der Waals surface area (Å²) in [6, 6.07) is 8.70. The second-order valence-corrected chi connectivity index (χ2v) is 9.43. The molecule has 0 aliphatic heterocycles. The van der Waals surface area contributed by atoms with Gasteiger partial charge in [-0.05, 0) is 55.5 Å². The Morgan fingerprint density at radius 2 is 1.94 bits per heavy atom. The molecule has 7 heteroatoms. The first kappa shape index (κ1) is 24.0. The van der Waals surface area contributed by atoms with Crippen molar-refractivity contribution >= 4 is 22.9 Å². The van der Waals surface area contributed by atoms with Crippen LogP contribution in [0.15, 0.2) is 41.0 Å². The number of hydrogen-bond acceptors (Lipinski definition) is 4. The van der Waals surface area contributed by atoms with Crippen molar-refractivity contribution in [3.63, 3.8) is 0 Å². The molecule has 0 saturated heterocycles. The second-order valence-electron chi connectivity index (χ2n) is 9.43. The highest BCUT2D eigenvalue weighted by Crippen LogP contribution is 2.29. The van der Waals surface area contributed by atoms with E-state index in [-0.39, 0.29) is 5.91 Å². The molecule has 1 aliphatic carbocycles. The zero-order chi connectivity index (χ0) is 24.1. The molecule has 1 aliphatic rings. The summed E-state index contributed by atoms with van der Waals surface area (Å²) < 4.78 is 7.81. The van der Waals surface area contributed by atoms with Gasteiger partial charge in [-0.15, -0.1) is 0 Å². The number of imidazole rings is 1. The van der Waals surface area contributed by atoms with Crippen molar-refractivity contribution in [2.24, 2.45) is 5.92 Å². The topological polar surface area (TPSA) is 97.4 Å². The van der Waals surface area contributed by atoms with Crippen LogP contribution in [0.5, 0.6) is 0 Å². The molecule has 2 N–H and O–H groups in total. The minimum absolute atomic E-state index is 0.293. The number of carboxylic acids is 1. The van der Waals surface area contributed by atoms with Gasteiger partial charge in [0.25, 0.3) is 5.91 Å². The maximum Gasteiger partial charge on any atom is 0.326 e. The Kier molecular flexibility index (Phi) is 7.70. The molecule has 1 atom stereocenters. The molecular formula is C27H35N3O4. The number of benzene rings is 1. The molecule has 1 saturated carbocycles. The molecule has 3 aromatic rings. The lowest BCUT2D eigenvalue weighted by atomic mass is 9.85. The van der Waals surface area contributed by atoms with Crippen LogP contribution in [0.3, 0.4) is 0 Å². The van der Waals surface area contributed by atoms with Gasteiger partial charge in [-0.3, -0.25) is 4.79 Å². The van der Waals surface area contributed by atoms with Crippen molar-refractivity contribution in [1.29, 1.82) is 0 Å². The molecule has 1 aromatic carbocycles. The zero-order valence-corrected chi connectivity index (χ0v) is 20.1. The number of furan rings is 1. The van der Waals surface area contributed by atoms with E-state index in [9.17, 15) is 14.7 Å². The van der Waals surface area contributed by atoms with E-state index in [4.69, 9.17) is 9.40 Å². The average Bonchev–Trinajstić information content (AvgIpc) is 3.48. The molecule has 2 heterocycles. The number of fused-ring (bicyclic) bond motifs is 1. The lowest BCUT2D eigenvalue weighted by Gasteiger charge is -2.25. The molecule has 34 heavy (non-hydrogen) atoms. The fourth-order valence-electron chi connectivity index (χ4n) is 5.26. The number of nitrogens with one attached hydrogen (secondary N) is 1. The molecule has 0 bridgehead atoms. The van der Waals surface area contributed by atoms with Gasteiger partial charge in [0, 0.05) is 11.6 Å². The first-order valence-electron chi connectivity index (χ1n) is 12.6. The minimum Gasteiger partial charge on any atom is -0.480 e. The molecule has 4 rings (SSSR count). The van der Waals surface area contributed by atoms with Crippen molar-refractivity contribution in [2.45, 2.75) is 83.7 Å². The van der Waals surface area contributed by atoms with Gasteiger partial charge in [-0.2, -0.15) is 0 Å². The van der Waals surface area contributed by atoms with Crippen LogP contribution in [0, 0.1) is 5.92 Å². The maximum atomic E-state index is 13.0. The molecule has 182 valence electrons. The Bertz CT molecular complexity index is 1110. The second kappa shape index (κ2) is 10.9. The number of nitrogens with zero attached hydrogens (tertiary/aromatic N) is 2. The van der Waals surface area contributed by atoms with Gasteiger partial charge in [0.1, 0.15) is 17.6 Å². The van der Waals surface area contributed by atoms with E-state index >= 15 is 0 Å². The lowest BCUT2D eigenvalue weighted by molar-refractivity contribution is -0.139. The summed E-state index contributed by atoms with van der Waals surface area (Å²) in [5, 5.41) is 12.5. The van der Waals surface area contributed by atoms with Gasteiger partial charge in [0.2, 0.25) is 0 Å². The highest BCUT2D eigenvalue weighted by Gasteiger charge is 2.26. The molecule has 0 radical (unpaired) electrons. The monoisotopic (exact) mass is 465 g/mol. The van der Waals surface area contributed by atoms with Crippen LogP contribution in [0.2, 0.25) is 0 Å². The summed E-state index contributed by atoms with van der Waals surface area (Å²) in [5.41, 5.74) is 2.14. The highest BCUT2D eigenvalue weighted by atomic mass is 16.4. The van der Waals surface area contributed by atoms with Crippen molar-refractivity contribution in [3.05, 3.63) is 53.7 Å². The van der Waals surface area contributed by atoms with Gasteiger partial charge < -0.3 is 19.4 Å². The lowest BCUT2D eigenvalue weighted by Crippen LogP contribution is -2.42. The average molecular weight is 466 g/mol. The Balaban J connectivity index is 1.59. The minimum atomic E-state index is -0.973. The van der Waals surface area contributed by atoms with E-state index in [2.05, 4.69) is 23.7 Å². The number of aromatic nitrogens is 2. The third kappa shape index (κ3) is 5.34. The third-order valence-electron chi connectivity index (χ3n) is 7.14. The number of aliphatic carboxylic acids is 1. The first-order chi connectivity index (χ1) is 16.5. The quantitative estimate of drug-likeness (QED) is 0.398. The van der Waals surface area contributed by atoms with E-state index in [1.54, 1.807) is 18.4 Å². The Hall–Kier alpha value is -3.09. The van der Waals surface area contributed by atoms with Crippen molar-refractivity contribution < 1.29 is 19.1 Å². The van der Waals surface area contributed by atoms with Crippen LogP contribution in [0.4, 0.5) is 0 Å². The zero-order valence-electron chi connectivity index (χ0n) is 20.1. The summed E-state index contributed by atoms with van der Waals surface area (Å²) in [6.45, 7) is 4.33. The molecule has 2 aromatic heterocycles. The van der Waals surface area contributed by atoms with Gasteiger partial charge >= 0.3 is 5.97 Å². The summed E-state index contributed by atoms with van der Waals surface area (Å²) in [7, 11) is 0. The SMILES string of the molecule is CCC(CC)n1c(Cc2ccco2)nc2cc(C(=O)N[C@@H](CC3CCCCC3)C(=O)O)ccc21. The van der Waals surface area contributed by atoms with Crippen molar-refractivity contribution in [1.82, 2.24) is 14.9 Å². The summed E-state index contributed by atoms with van der Waals surface area (Å²) in [6.07, 6.45) is 10.2. The van der Waals surface area contributed by atoms with E-state index < -0.39 is 12.0 Å². The number of carboxylic acid groups (broad SMARTS) is 1. The van der Waals surface area contributed by atoms with Gasteiger partial charge in [0.15, 0.2) is 0 Å². The molecule has 1 fully saturated rings. The van der Waals surface area contributed by atoms with Gasteiger partial charge in [-0.1, -0.05) is 46.0 Å². The van der Waals surface area contributed by atoms with Crippen LogP contribution < -0.4 is 5.32 Å². The Morgan fingerprint density at radius 3 is 2.59 bits per heavy atom. The van der Waals surface area contributed by atoms with E-state index in [0.29, 0.717) is 30.4 Å². The smallest absolute Gasteiger partial charge is 0.326 e. The predicted molar refractivity (Wildman–Crippen MR) is 131 cm³/mol. The normalized spacial score (nSPS) is 15.6. The fourth-order valence-corrected chi connectivity index (χ4v) is 5.26. The predicted octanol–water partition coefficient (Wildman–Crippen LogP) is 5.73. The largest absolute Gasteiger partial charge is 0.480 e. The molecule has 0 unspecified atom stereocenters. The number of carbonyl (C=O) groups excluding carboxylic acids is 1. The van der Waals surface area contributed by atoms with Gasteiger partial charge in [-0.25, -0.2) is 9.78 Å². The fraction of sp³-hybridized carbons (Fsp3) is 0.519. The van der Waals surface area contributed by atoms with E-state index in [1.807, 2.05) is 18.2 Å². The van der Waals surface area contributed by atoms with Crippen LogP contribution in [-0.4, -0.2) is 32.6 Å². The van der Waals surface area contributed by atoms with E-state index in [0.717, 1.165) is 61.1 Å². The standard InChI is InChI=1S/C27H35N3O4/c1-3-20(4-2)30-24-13-12-19(16-22(24)28-25(30)17-21-11-8-14-34-21)26(31)29-23(27(32)33)15-18-9-6-5-7-10-18/h8,11-14,16,18,20,23H,3-7,9-10,15,17H2,1-2H3,(H,29,31)(H,32,33)/t23-/m0/s1. The summed E-state index contributed by atoms with van der Waals surface area (Å²) >= 11 is 0. The molecular weight excluding hydrogens is 430 g/mol. The molecule has 0 spiro atoms. The van der Waals surface area contributed by atoms with Crippen molar-refractivity contribution in [2.75, 3.05) is 0 Å². The molecule has 1 amide bonds. The number of rotatable bonds is 10. The van der Waals surface area contributed by atoms with Gasteiger partial charge in [0.05, 0.1) is 23.7 Å². The van der Waals surface area contributed by atoms with Crippen LogP contribution >= 0.6 is 0 Å². The summed E-state index contributed by atoms with van der Waals surface area (Å²) in [5.74, 6) is 0.760. The number of hydrogen-bond donors (Lipinski definition) is 2. The maximum absolute atomic E-state index is 13.0. The number of amides is 1.